The third-order valence-corrected chi connectivity index (χ3v) is 3.76. The van der Waals surface area contributed by atoms with Crippen LogP contribution in [-0.4, -0.2) is 46.4 Å². The molecule has 3 atom stereocenters. The maximum Gasteiger partial charge on any atom is 0.409 e. The number of carbonyl (C=O) groups is 3. The summed E-state index contributed by atoms with van der Waals surface area (Å²) < 4.78 is 52.0. The van der Waals surface area contributed by atoms with Gasteiger partial charge in [-0.3, -0.25) is 9.59 Å². The molecule has 0 aromatic rings. The molecule has 2 aliphatic rings. The summed E-state index contributed by atoms with van der Waals surface area (Å²) in [6, 6.07) is -4.67. The maximum atomic E-state index is 14.1. The molecule has 24 heavy (non-hydrogen) atoms. The van der Waals surface area contributed by atoms with Crippen LogP contribution < -0.4 is 10.6 Å². The summed E-state index contributed by atoms with van der Waals surface area (Å²) in [6.07, 6.45) is -3.99. The third-order valence-electron chi connectivity index (χ3n) is 3.37. The average Bonchev–Trinajstić information content (AvgIpc) is 2.41. The van der Waals surface area contributed by atoms with Crippen molar-refractivity contribution in [2.45, 2.75) is 37.0 Å². The van der Waals surface area contributed by atoms with E-state index < -0.39 is 59.4 Å². The number of imide groups is 1. The van der Waals surface area contributed by atoms with Crippen LogP contribution in [0.4, 0.5) is 22.4 Å². The first-order chi connectivity index (χ1) is 11.0. The number of alkyl halides is 4. The second-order valence-corrected chi connectivity index (χ2v) is 5.72. The van der Waals surface area contributed by atoms with Gasteiger partial charge >= 0.3 is 12.2 Å². The number of hydrogen-bond donors (Lipinski definition) is 2. The van der Waals surface area contributed by atoms with Gasteiger partial charge in [-0.1, -0.05) is 0 Å². The fourth-order valence-corrected chi connectivity index (χ4v) is 2.54. The van der Waals surface area contributed by atoms with Crippen LogP contribution in [0.1, 0.15) is 13.3 Å². The lowest BCUT2D eigenvalue weighted by atomic mass is 10.0. The van der Waals surface area contributed by atoms with Crippen LogP contribution in [0.5, 0.6) is 0 Å². The first-order valence-electron chi connectivity index (χ1n) is 6.71. The van der Waals surface area contributed by atoms with E-state index in [1.54, 1.807) is 5.32 Å². The van der Waals surface area contributed by atoms with Gasteiger partial charge in [0.15, 0.2) is 0 Å². The molecule has 4 amide bonds. The second kappa shape index (κ2) is 6.42. The zero-order valence-electron chi connectivity index (χ0n) is 12.2. The van der Waals surface area contributed by atoms with Crippen molar-refractivity contribution in [3.05, 3.63) is 23.7 Å². The average molecular weight is 370 g/mol. The van der Waals surface area contributed by atoms with E-state index in [2.05, 4.69) is 5.32 Å². The minimum atomic E-state index is -4.80. The molecule has 1 fully saturated rings. The number of allylic oxidation sites excluding steroid dienone is 1. The summed E-state index contributed by atoms with van der Waals surface area (Å²) in [5.74, 6) is -2.76. The zero-order valence-corrected chi connectivity index (χ0v) is 12.9. The van der Waals surface area contributed by atoms with Crippen LogP contribution >= 0.6 is 11.6 Å². The van der Waals surface area contributed by atoms with E-state index in [4.69, 9.17) is 11.6 Å². The highest BCUT2D eigenvalue weighted by Gasteiger charge is 2.48. The first kappa shape index (κ1) is 18.2. The number of nitrogens with zero attached hydrogens (tertiary/aromatic N) is 1. The number of urea groups is 1. The van der Waals surface area contributed by atoms with Gasteiger partial charge in [-0.25, -0.2) is 14.1 Å². The van der Waals surface area contributed by atoms with Crippen LogP contribution in [0.3, 0.4) is 0 Å². The Kier molecular flexibility index (Phi) is 4.88. The van der Waals surface area contributed by atoms with Gasteiger partial charge in [-0.05, 0) is 12.2 Å². The Morgan fingerprint density at radius 1 is 1.38 bits per heavy atom. The lowest BCUT2D eigenvalue weighted by Crippen LogP contribution is -2.59. The van der Waals surface area contributed by atoms with Gasteiger partial charge in [0.1, 0.15) is 11.9 Å². The molecule has 1 aliphatic heterocycles. The van der Waals surface area contributed by atoms with Crippen LogP contribution in [0, 0.1) is 0 Å². The lowest BCUT2D eigenvalue weighted by Gasteiger charge is -2.34. The van der Waals surface area contributed by atoms with Crippen LogP contribution in [0.2, 0.25) is 0 Å². The SMILES string of the molecule is CC(=O)NC1C=C(N2C(=O)CC(C(F)(F)F)NC2=O)C(F)=CC1Cl. The Morgan fingerprint density at radius 3 is 2.50 bits per heavy atom. The summed E-state index contributed by atoms with van der Waals surface area (Å²) in [5, 5.41) is 3.00. The van der Waals surface area contributed by atoms with E-state index in [-0.39, 0.29) is 4.90 Å². The van der Waals surface area contributed by atoms with E-state index in [0.717, 1.165) is 12.2 Å². The number of halogens is 5. The Labute approximate surface area is 138 Å². The molecule has 0 aromatic heterocycles. The number of carbonyl (C=O) groups excluding carboxylic acids is 3. The topological polar surface area (TPSA) is 78.5 Å². The van der Waals surface area contributed by atoms with Gasteiger partial charge in [0.25, 0.3) is 0 Å². The van der Waals surface area contributed by atoms with E-state index in [1.165, 1.54) is 6.92 Å². The molecule has 132 valence electrons. The molecule has 6 nitrogen and oxygen atoms in total. The van der Waals surface area contributed by atoms with Gasteiger partial charge in [-0.15, -0.1) is 11.6 Å². The molecular formula is C13H12ClF4N3O3. The van der Waals surface area contributed by atoms with Crippen molar-refractivity contribution in [3.63, 3.8) is 0 Å². The van der Waals surface area contributed by atoms with Crippen LogP contribution in [-0.2, 0) is 9.59 Å². The van der Waals surface area contributed by atoms with Gasteiger partial charge in [0, 0.05) is 6.92 Å². The van der Waals surface area contributed by atoms with E-state index in [0.29, 0.717) is 0 Å². The predicted molar refractivity (Wildman–Crippen MR) is 74.4 cm³/mol. The smallest absolute Gasteiger partial charge is 0.348 e. The Hall–Kier alpha value is -2.10. The highest BCUT2D eigenvalue weighted by Crippen LogP contribution is 2.31. The van der Waals surface area contributed by atoms with Gasteiger partial charge in [0.2, 0.25) is 11.8 Å². The first-order valence-corrected chi connectivity index (χ1v) is 7.15. The third kappa shape index (κ3) is 3.69. The van der Waals surface area contributed by atoms with Crippen LogP contribution in [0.25, 0.3) is 0 Å². The zero-order chi connectivity index (χ0) is 18.2. The molecule has 2 N–H and O–H groups in total. The van der Waals surface area contributed by atoms with Crippen molar-refractivity contribution in [2.75, 3.05) is 0 Å². The normalized spacial score (nSPS) is 28.1. The predicted octanol–water partition coefficient (Wildman–Crippen LogP) is 1.72. The van der Waals surface area contributed by atoms with Crippen molar-refractivity contribution in [1.29, 1.82) is 0 Å². The molecule has 0 aromatic carbocycles. The lowest BCUT2D eigenvalue weighted by molar-refractivity contribution is -0.165. The minimum Gasteiger partial charge on any atom is -0.348 e. The summed E-state index contributed by atoms with van der Waals surface area (Å²) in [6.45, 7) is 1.18. The molecule has 0 bridgehead atoms. The molecule has 2 rings (SSSR count). The number of amides is 4. The molecule has 0 radical (unpaired) electrons. The van der Waals surface area contributed by atoms with Crippen molar-refractivity contribution < 1.29 is 31.9 Å². The highest BCUT2D eigenvalue weighted by molar-refractivity contribution is 6.22. The van der Waals surface area contributed by atoms with Crippen molar-refractivity contribution in [2.24, 2.45) is 0 Å². The quantitative estimate of drug-likeness (QED) is 0.574. The maximum absolute atomic E-state index is 14.1. The van der Waals surface area contributed by atoms with Crippen molar-refractivity contribution in [3.8, 4) is 0 Å². The molecule has 11 heteroatoms. The molecule has 0 spiro atoms. The summed E-state index contributed by atoms with van der Waals surface area (Å²) in [4.78, 5) is 35.2. The van der Waals surface area contributed by atoms with Crippen LogP contribution in [0.15, 0.2) is 23.7 Å². The Bertz CT molecular complexity index is 629. The van der Waals surface area contributed by atoms with E-state index in [1.807, 2.05) is 0 Å². The fourth-order valence-electron chi connectivity index (χ4n) is 2.29. The Morgan fingerprint density at radius 2 is 2.00 bits per heavy atom. The van der Waals surface area contributed by atoms with E-state index >= 15 is 0 Å². The number of hydrogen-bond acceptors (Lipinski definition) is 3. The molecule has 1 heterocycles. The van der Waals surface area contributed by atoms with E-state index in [9.17, 15) is 31.9 Å². The van der Waals surface area contributed by atoms with Crippen molar-refractivity contribution >= 4 is 29.4 Å². The van der Waals surface area contributed by atoms with Crippen molar-refractivity contribution in [1.82, 2.24) is 15.5 Å². The van der Waals surface area contributed by atoms with Gasteiger partial charge < -0.3 is 10.6 Å². The monoisotopic (exact) mass is 369 g/mol. The van der Waals surface area contributed by atoms with Gasteiger partial charge in [0.05, 0.1) is 23.5 Å². The number of nitrogens with one attached hydrogen (secondary N) is 2. The molecular weight excluding hydrogens is 358 g/mol. The summed E-state index contributed by atoms with van der Waals surface area (Å²) in [7, 11) is 0. The summed E-state index contributed by atoms with van der Waals surface area (Å²) in [5.41, 5.74) is -0.561. The molecule has 0 saturated carbocycles. The second-order valence-electron chi connectivity index (χ2n) is 5.21. The summed E-state index contributed by atoms with van der Waals surface area (Å²) >= 11 is 5.85. The standard InChI is InChI=1S/C13H12ClF4N3O3/c1-5(22)19-8-3-9(7(15)2-6(8)14)21-11(23)4-10(13(16,17)18)20-12(21)24/h2-3,6,8,10H,4H2,1H3,(H,19,22)(H,20,24). The highest BCUT2D eigenvalue weighted by atomic mass is 35.5. The molecule has 1 saturated heterocycles. The molecule has 3 unspecified atom stereocenters. The minimum absolute atomic E-state index is 0.270. The Balaban J connectivity index is 2.29. The fraction of sp³-hybridized carbons (Fsp3) is 0.462. The number of rotatable bonds is 2. The molecule has 1 aliphatic carbocycles. The van der Waals surface area contributed by atoms with Gasteiger partial charge in [-0.2, -0.15) is 13.2 Å². The largest absolute Gasteiger partial charge is 0.409 e.